The third-order valence-electron chi connectivity index (χ3n) is 2.84. The Kier molecular flexibility index (Phi) is 3.91. The summed E-state index contributed by atoms with van der Waals surface area (Å²) in [5, 5.41) is 11.5. The summed E-state index contributed by atoms with van der Waals surface area (Å²) in [6.45, 7) is 0.0350. The zero-order valence-corrected chi connectivity index (χ0v) is 9.98. The lowest BCUT2D eigenvalue weighted by molar-refractivity contribution is -0.142. The molecule has 102 valence electrons. The van der Waals surface area contributed by atoms with Gasteiger partial charge < -0.3 is 15.2 Å². The van der Waals surface area contributed by atoms with Gasteiger partial charge in [0.25, 0.3) is 0 Å². The van der Waals surface area contributed by atoms with Crippen LogP contribution < -0.4 is 11.0 Å². The van der Waals surface area contributed by atoms with Crippen molar-refractivity contribution in [1.82, 2.24) is 14.9 Å². The highest BCUT2D eigenvalue weighted by Gasteiger charge is 2.34. The van der Waals surface area contributed by atoms with Gasteiger partial charge in [0, 0.05) is 12.4 Å². The van der Waals surface area contributed by atoms with E-state index in [1.54, 1.807) is 0 Å². The average molecular weight is 267 g/mol. The summed E-state index contributed by atoms with van der Waals surface area (Å²) in [5.41, 5.74) is -0.532. The maximum Gasteiger partial charge on any atom is 0.347 e. The Balaban J connectivity index is 1.97. The molecule has 1 amide bonds. The van der Waals surface area contributed by atoms with Crippen molar-refractivity contribution in [2.75, 3.05) is 13.2 Å². The van der Waals surface area contributed by atoms with Crippen molar-refractivity contribution in [1.29, 1.82) is 0 Å². The quantitative estimate of drug-likeness (QED) is 0.684. The van der Waals surface area contributed by atoms with Crippen molar-refractivity contribution < 1.29 is 19.4 Å². The van der Waals surface area contributed by atoms with E-state index in [9.17, 15) is 14.4 Å². The van der Waals surface area contributed by atoms with E-state index in [2.05, 4.69) is 10.3 Å². The van der Waals surface area contributed by atoms with Crippen LogP contribution in [0.5, 0.6) is 0 Å². The molecule has 19 heavy (non-hydrogen) atoms. The molecule has 2 rings (SSSR count). The fraction of sp³-hybridized carbons (Fsp3) is 0.455. The monoisotopic (exact) mass is 267 g/mol. The number of aromatic nitrogens is 2. The number of aliphatic carboxylic acids is 1. The van der Waals surface area contributed by atoms with Crippen molar-refractivity contribution in [3.05, 3.63) is 28.9 Å². The zero-order chi connectivity index (χ0) is 13.8. The van der Waals surface area contributed by atoms with Crippen LogP contribution in [0.3, 0.4) is 0 Å². The third kappa shape index (κ3) is 3.16. The first kappa shape index (κ1) is 13.2. The summed E-state index contributed by atoms with van der Waals surface area (Å²) in [7, 11) is 0. The van der Waals surface area contributed by atoms with Crippen LogP contribution in [-0.4, -0.2) is 45.8 Å². The standard InChI is InChI=1S/C11H13N3O5/c15-9(4-14-3-1-2-12-11(14)18)13-8-6-19-5-7(8)10(16)17/h1-3,7-8H,4-6H2,(H,13,15)(H,16,17). The van der Waals surface area contributed by atoms with E-state index in [4.69, 9.17) is 9.84 Å². The number of carbonyl (C=O) groups excluding carboxylic acids is 1. The normalized spacial score (nSPS) is 22.1. The maximum absolute atomic E-state index is 11.7. The van der Waals surface area contributed by atoms with Crippen LogP contribution in [0.15, 0.2) is 23.3 Å². The van der Waals surface area contributed by atoms with Gasteiger partial charge in [0.05, 0.1) is 19.3 Å². The lowest BCUT2D eigenvalue weighted by Gasteiger charge is -2.15. The molecule has 1 fully saturated rings. The van der Waals surface area contributed by atoms with E-state index < -0.39 is 29.5 Å². The summed E-state index contributed by atoms with van der Waals surface area (Å²) in [4.78, 5) is 37.5. The molecule has 1 aromatic heterocycles. The molecule has 0 bridgehead atoms. The van der Waals surface area contributed by atoms with E-state index in [1.165, 1.54) is 18.5 Å². The van der Waals surface area contributed by atoms with Gasteiger partial charge in [-0.3, -0.25) is 14.2 Å². The highest BCUT2D eigenvalue weighted by atomic mass is 16.5. The summed E-state index contributed by atoms with van der Waals surface area (Å²) in [5.74, 6) is -2.22. The summed E-state index contributed by atoms with van der Waals surface area (Å²) < 4.78 is 6.17. The van der Waals surface area contributed by atoms with Crippen LogP contribution in [0, 0.1) is 5.92 Å². The SMILES string of the molecule is O=C(Cn1cccnc1=O)NC1COCC1C(=O)O. The van der Waals surface area contributed by atoms with E-state index in [0.29, 0.717) is 0 Å². The smallest absolute Gasteiger partial charge is 0.347 e. The van der Waals surface area contributed by atoms with Gasteiger partial charge in [-0.25, -0.2) is 9.78 Å². The number of carbonyl (C=O) groups is 2. The van der Waals surface area contributed by atoms with E-state index >= 15 is 0 Å². The molecule has 1 aliphatic heterocycles. The Labute approximate surface area is 108 Å². The summed E-state index contributed by atoms with van der Waals surface area (Å²) in [6, 6.07) is 0.963. The lowest BCUT2D eigenvalue weighted by atomic mass is 10.0. The first-order valence-corrected chi connectivity index (χ1v) is 5.69. The molecule has 1 aliphatic rings. The molecule has 0 aliphatic carbocycles. The number of carboxylic acid groups (broad SMARTS) is 1. The Morgan fingerprint density at radius 1 is 1.53 bits per heavy atom. The number of amides is 1. The van der Waals surface area contributed by atoms with Gasteiger partial charge in [0.15, 0.2) is 0 Å². The van der Waals surface area contributed by atoms with Gasteiger partial charge >= 0.3 is 11.7 Å². The lowest BCUT2D eigenvalue weighted by Crippen LogP contribution is -2.44. The van der Waals surface area contributed by atoms with Gasteiger partial charge in [-0.15, -0.1) is 0 Å². The Morgan fingerprint density at radius 3 is 3.00 bits per heavy atom. The van der Waals surface area contributed by atoms with Crippen LogP contribution in [-0.2, 0) is 20.9 Å². The molecule has 2 heterocycles. The van der Waals surface area contributed by atoms with Crippen LogP contribution in [0.2, 0.25) is 0 Å². The minimum Gasteiger partial charge on any atom is -0.481 e. The first-order valence-electron chi connectivity index (χ1n) is 5.69. The largest absolute Gasteiger partial charge is 0.481 e. The van der Waals surface area contributed by atoms with Gasteiger partial charge in [-0.05, 0) is 6.07 Å². The van der Waals surface area contributed by atoms with Crippen LogP contribution in [0.25, 0.3) is 0 Å². The molecule has 2 unspecified atom stereocenters. The topological polar surface area (TPSA) is 111 Å². The number of hydrogen-bond acceptors (Lipinski definition) is 5. The second kappa shape index (κ2) is 5.61. The van der Waals surface area contributed by atoms with Gasteiger partial charge in [0.2, 0.25) is 5.91 Å². The summed E-state index contributed by atoms with van der Waals surface area (Å²) >= 11 is 0. The Morgan fingerprint density at radius 2 is 2.32 bits per heavy atom. The molecular formula is C11H13N3O5. The molecule has 8 nitrogen and oxygen atoms in total. The molecule has 0 spiro atoms. The molecule has 2 atom stereocenters. The molecule has 0 saturated carbocycles. The maximum atomic E-state index is 11.7. The predicted molar refractivity (Wildman–Crippen MR) is 62.4 cm³/mol. The number of rotatable bonds is 4. The number of ether oxygens (including phenoxy) is 1. The molecule has 1 aromatic rings. The van der Waals surface area contributed by atoms with Crippen LogP contribution in [0.4, 0.5) is 0 Å². The van der Waals surface area contributed by atoms with E-state index in [1.807, 2.05) is 0 Å². The van der Waals surface area contributed by atoms with Crippen LogP contribution in [0.1, 0.15) is 0 Å². The molecule has 2 N–H and O–H groups in total. The van der Waals surface area contributed by atoms with Gasteiger partial charge in [0.1, 0.15) is 12.5 Å². The Hall–Kier alpha value is -2.22. The number of carboxylic acids is 1. The second-order valence-electron chi connectivity index (χ2n) is 4.19. The molecule has 8 heteroatoms. The van der Waals surface area contributed by atoms with Crippen molar-refractivity contribution in [3.8, 4) is 0 Å². The van der Waals surface area contributed by atoms with E-state index in [-0.39, 0.29) is 19.8 Å². The molecule has 0 aromatic carbocycles. The van der Waals surface area contributed by atoms with E-state index in [0.717, 1.165) is 4.57 Å². The van der Waals surface area contributed by atoms with Gasteiger partial charge in [-0.1, -0.05) is 0 Å². The van der Waals surface area contributed by atoms with Crippen molar-refractivity contribution in [3.63, 3.8) is 0 Å². The van der Waals surface area contributed by atoms with Crippen molar-refractivity contribution in [2.45, 2.75) is 12.6 Å². The fourth-order valence-corrected chi connectivity index (χ4v) is 1.85. The number of nitrogens with one attached hydrogen (secondary N) is 1. The number of hydrogen-bond donors (Lipinski definition) is 2. The second-order valence-corrected chi connectivity index (χ2v) is 4.19. The van der Waals surface area contributed by atoms with Gasteiger partial charge in [-0.2, -0.15) is 0 Å². The third-order valence-corrected chi connectivity index (χ3v) is 2.84. The predicted octanol–water partition coefficient (Wildman–Crippen LogP) is -1.54. The molecular weight excluding hydrogens is 254 g/mol. The van der Waals surface area contributed by atoms with Crippen LogP contribution >= 0.6 is 0 Å². The zero-order valence-electron chi connectivity index (χ0n) is 9.98. The minimum atomic E-state index is -1.01. The molecule has 1 saturated heterocycles. The minimum absolute atomic E-state index is 0.0765. The van der Waals surface area contributed by atoms with Crippen molar-refractivity contribution >= 4 is 11.9 Å². The highest BCUT2D eigenvalue weighted by Crippen LogP contribution is 2.13. The first-order chi connectivity index (χ1) is 9.08. The highest BCUT2D eigenvalue weighted by molar-refractivity contribution is 5.78. The Bertz CT molecular complexity index is 541. The number of nitrogens with zero attached hydrogens (tertiary/aromatic N) is 2. The molecule has 0 radical (unpaired) electrons. The fourth-order valence-electron chi connectivity index (χ4n) is 1.85. The summed E-state index contributed by atoms with van der Waals surface area (Å²) in [6.07, 6.45) is 2.77. The average Bonchev–Trinajstić information content (AvgIpc) is 2.80. The van der Waals surface area contributed by atoms with Crippen molar-refractivity contribution in [2.24, 2.45) is 5.92 Å².